The third kappa shape index (κ3) is 3.51. The molecule has 0 atom stereocenters. The van der Waals surface area contributed by atoms with Gasteiger partial charge >= 0.3 is 0 Å². The van der Waals surface area contributed by atoms with Crippen molar-refractivity contribution in [3.63, 3.8) is 0 Å². The third-order valence-electron chi connectivity index (χ3n) is 7.30. The SMILES string of the molecule is N#Cc1cc(C#N)cc(-c2ccc3c4c(oc3c2)C(=O)c2oc3cc(-c5cc(C#N)cc(C#N)c5)ccc3c2C4=O)c1. The van der Waals surface area contributed by atoms with Gasteiger partial charge in [-0.3, -0.25) is 9.59 Å². The van der Waals surface area contributed by atoms with E-state index in [1.165, 1.54) is 12.1 Å². The van der Waals surface area contributed by atoms with Crippen molar-refractivity contribution >= 4 is 33.5 Å². The van der Waals surface area contributed by atoms with E-state index >= 15 is 0 Å². The third-order valence-corrected chi connectivity index (χ3v) is 7.30. The van der Waals surface area contributed by atoms with Gasteiger partial charge in [0.15, 0.2) is 11.5 Å². The summed E-state index contributed by atoms with van der Waals surface area (Å²) in [6.45, 7) is 0. The van der Waals surface area contributed by atoms with Crippen LogP contribution in [0.5, 0.6) is 0 Å². The van der Waals surface area contributed by atoms with Gasteiger partial charge in [0.2, 0.25) is 5.78 Å². The summed E-state index contributed by atoms with van der Waals surface area (Å²) in [6.07, 6.45) is 0. The highest BCUT2D eigenvalue weighted by atomic mass is 16.4. The lowest BCUT2D eigenvalue weighted by molar-refractivity contribution is 0.0943. The zero-order chi connectivity index (χ0) is 29.1. The minimum absolute atomic E-state index is 0.122. The molecule has 7 rings (SSSR count). The molecule has 0 fully saturated rings. The molecule has 8 heteroatoms. The Labute approximate surface area is 237 Å². The Morgan fingerprint density at radius 2 is 0.833 bits per heavy atom. The summed E-state index contributed by atoms with van der Waals surface area (Å²) in [7, 11) is 0. The standard InChI is InChI=1S/C34H12N4O4/c35-13-17-5-18(14-36)8-23(7-17)21-1-3-25-27(11-21)41-33-29(25)31(39)30-26-4-2-22(12-28(26)42-34(30)32(33)40)24-9-19(15-37)6-20(10-24)16-38/h1-12H. The van der Waals surface area contributed by atoms with Crippen molar-refractivity contribution in [1.29, 1.82) is 21.0 Å². The number of ketones is 2. The second-order valence-electron chi connectivity index (χ2n) is 9.74. The van der Waals surface area contributed by atoms with Gasteiger partial charge in [0.05, 0.1) is 57.7 Å². The van der Waals surface area contributed by atoms with Crippen molar-refractivity contribution in [3.8, 4) is 46.5 Å². The zero-order valence-corrected chi connectivity index (χ0v) is 21.4. The highest BCUT2D eigenvalue weighted by molar-refractivity contribution is 6.34. The zero-order valence-electron chi connectivity index (χ0n) is 21.4. The van der Waals surface area contributed by atoms with Crippen molar-refractivity contribution in [3.05, 3.63) is 118 Å². The molecule has 0 aliphatic heterocycles. The van der Waals surface area contributed by atoms with Gasteiger partial charge in [-0.2, -0.15) is 21.0 Å². The molecule has 4 aromatic carbocycles. The molecule has 1 aliphatic rings. The number of benzene rings is 4. The molecule has 42 heavy (non-hydrogen) atoms. The number of rotatable bonds is 2. The minimum atomic E-state index is -0.563. The molecular formula is C34H12N4O4. The maximum Gasteiger partial charge on any atom is 0.264 e. The number of nitrogens with zero attached hydrogens (tertiary/aromatic N) is 4. The van der Waals surface area contributed by atoms with Crippen LogP contribution in [-0.4, -0.2) is 11.6 Å². The highest BCUT2D eigenvalue weighted by Gasteiger charge is 2.39. The summed E-state index contributed by atoms with van der Waals surface area (Å²) in [6, 6.07) is 27.9. The summed E-state index contributed by atoms with van der Waals surface area (Å²) in [5, 5.41) is 38.3. The quantitative estimate of drug-likeness (QED) is 0.232. The number of hydrogen-bond donors (Lipinski definition) is 0. The molecule has 0 spiro atoms. The molecule has 0 saturated heterocycles. The summed E-state index contributed by atoms with van der Waals surface area (Å²) in [4.78, 5) is 27.4. The number of carbonyl (C=O) groups excluding carboxylic acids is 2. The first-order chi connectivity index (χ1) is 20.4. The molecule has 0 N–H and O–H groups in total. The van der Waals surface area contributed by atoms with Crippen LogP contribution in [0.25, 0.3) is 44.2 Å². The monoisotopic (exact) mass is 540 g/mol. The van der Waals surface area contributed by atoms with E-state index in [4.69, 9.17) is 8.83 Å². The lowest BCUT2D eigenvalue weighted by Crippen LogP contribution is -2.17. The fourth-order valence-corrected chi connectivity index (χ4v) is 5.40. The largest absolute Gasteiger partial charge is 0.452 e. The Morgan fingerprint density at radius 1 is 0.452 bits per heavy atom. The van der Waals surface area contributed by atoms with E-state index in [0.29, 0.717) is 66.4 Å². The van der Waals surface area contributed by atoms with Crippen LogP contribution >= 0.6 is 0 Å². The van der Waals surface area contributed by atoms with Gasteiger partial charge in [-0.25, -0.2) is 0 Å². The average molecular weight is 540 g/mol. The Kier molecular flexibility index (Phi) is 5.15. The molecule has 2 aromatic heterocycles. The first-order valence-corrected chi connectivity index (χ1v) is 12.6. The fourth-order valence-electron chi connectivity index (χ4n) is 5.40. The minimum Gasteiger partial charge on any atom is -0.452 e. The van der Waals surface area contributed by atoms with Gasteiger partial charge in [-0.15, -0.1) is 0 Å². The topological polar surface area (TPSA) is 156 Å². The maximum atomic E-state index is 13.8. The average Bonchev–Trinajstić information content (AvgIpc) is 3.62. The fraction of sp³-hybridized carbons (Fsp3) is 0. The van der Waals surface area contributed by atoms with Gasteiger partial charge in [-0.05, 0) is 82.9 Å². The second kappa shape index (κ2) is 8.90. The summed E-state index contributed by atoms with van der Waals surface area (Å²) in [5.74, 6) is -1.22. The molecule has 0 saturated carbocycles. The Morgan fingerprint density at radius 3 is 1.19 bits per heavy atom. The lowest BCUT2D eigenvalue weighted by Gasteiger charge is -2.08. The van der Waals surface area contributed by atoms with E-state index in [0.717, 1.165) is 0 Å². The van der Waals surface area contributed by atoms with E-state index in [9.17, 15) is 30.6 Å². The Hall–Kier alpha value is -6.74. The maximum absolute atomic E-state index is 13.8. The van der Waals surface area contributed by atoms with Gasteiger partial charge in [-0.1, -0.05) is 12.1 Å². The second-order valence-corrected chi connectivity index (χ2v) is 9.74. The molecule has 2 heterocycles. The molecule has 0 amide bonds. The molecule has 6 aromatic rings. The van der Waals surface area contributed by atoms with Crippen LogP contribution in [0.15, 0.2) is 81.6 Å². The Bertz CT molecular complexity index is 2170. The molecular weight excluding hydrogens is 528 g/mol. The predicted octanol–water partition coefficient (Wildman–Crippen LogP) is 6.78. The van der Waals surface area contributed by atoms with Crippen molar-refractivity contribution < 1.29 is 18.4 Å². The van der Waals surface area contributed by atoms with E-state index in [1.807, 2.05) is 24.3 Å². The number of furan rings is 2. The number of carbonyl (C=O) groups is 2. The van der Waals surface area contributed by atoms with Gasteiger partial charge in [0, 0.05) is 10.8 Å². The molecule has 1 aliphatic carbocycles. The Balaban J connectivity index is 1.34. The lowest BCUT2D eigenvalue weighted by atomic mass is 9.89. The van der Waals surface area contributed by atoms with Crippen LogP contribution in [0.4, 0.5) is 0 Å². The van der Waals surface area contributed by atoms with Crippen LogP contribution in [0, 0.1) is 45.3 Å². The van der Waals surface area contributed by atoms with E-state index < -0.39 is 11.6 Å². The van der Waals surface area contributed by atoms with Crippen LogP contribution < -0.4 is 0 Å². The van der Waals surface area contributed by atoms with Crippen molar-refractivity contribution in [1.82, 2.24) is 0 Å². The van der Waals surface area contributed by atoms with E-state index in [1.54, 1.807) is 60.7 Å². The summed E-state index contributed by atoms with van der Waals surface area (Å²) in [5.41, 5.74) is 4.76. The van der Waals surface area contributed by atoms with Gasteiger partial charge in [0.25, 0.3) is 5.78 Å². The molecule has 8 nitrogen and oxygen atoms in total. The first-order valence-electron chi connectivity index (χ1n) is 12.6. The number of nitriles is 4. The normalized spacial score (nSPS) is 11.8. The van der Waals surface area contributed by atoms with Crippen LogP contribution in [0.2, 0.25) is 0 Å². The first kappa shape index (κ1) is 24.3. The van der Waals surface area contributed by atoms with Crippen molar-refractivity contribution in [2.75, 3.05) is 0 Å². The highest BCUT2D eigenvalue weighted by Crippen LogP contribution is 2.41. The molecule has 0 unspecified atom stereocenters. The van der Waals surface area contributed by atoms with E-state index in [-0.39, 0.29) is 22.6 Å². The van der Waals surface area contributed by atoms with Gasteiger partial charge in [0.1, 0.15) is 11.2 Å². The van der Waals surface area contributed by atoms with E-state index in [2.05, 4.69) is 0 Å². The number of hydrogen-bond acceptors (Lipinski definition) is 8. The van der Waals surface area contributed by atoms with Crippen molar-refractivity contribution in [2.24, 2.45) is 0 Å². The van der Waals surface area contributed by atoms with Crippen LogP contribution in [0.1, 0.15) is 54.5 Å². The van der Waals surface area contributed by atoms with Crippen LogP contribution in [0.3, 0.4) is 0 Å². The molecule has 0 bridgehead atoms. The molecule has 192 valence electrons. The summed E-state index contributed by atoms with van der Waals surface area (Å²) >= 11 is 0. The van der Waals surface area contributed by atoms with Gasteiger partial charge < -0.3 is 8.83 Å². The predicted molar refractivity (Wildman–Crippen MR) is 149 cm³/mol. The summed E-state index contributed by atoms with van der Waals surface area (Å²) < 4.78 is 11.8. The molecule has 0 radical (unpaired) electrons. The smallest absolute Gasteiger partial charge is 0.264 e. The van der Waals surface area contributed by atoms with Crippen LogP contribution in [-0.2, 0) is 0 Å². The number of fused-ring (bicyclic) bond motifs is 6. The van der Waals surface area contributed by atoms with Crippen molar-refractivity contribution in [2.45, 2.75) is 0 Å².